The van der Waals surface area contributed by atoms with Crippen LogP contribution in [0.3, 0.4) is 0 Å². The zero-order valence-corrected chi connectivity index (χ0v) is 13.7. The highest BCUT2D eigenvalue weighted by atomic mass is 19.1. The minimum atomic E-state index is -0.414. The highest BCUT2D eigenvalue weighted by molar-refractivity contribution is 5.90. The molecule has 0 radical (unpaired) electrons. The molecule has 1 aromatic carbocycles. The van der Waals surface area contributed by atoms with Gasteiger partial charge in [-0.05, 0) is 36.5 Å². The summed E-state index contributed by atoms with van der Waals surface area (Å²) in [6.07, 6.45) is 1.45. The molecule has 0 spiro atoms. The summed E-state index contributed by atoms with van der Waals surface area (Å²) in [6.45, 7) is 3.89. The number of nitrogens with zero attached hydrogens (tertiary/aromatic N) is 2. The van der Waals surface area contributed by atoms with Crippen molar-refractivity contribution in [1.29, 1.82) is 0 Å². The lowest BCUT2D eigenvalue weighted by Gasteiger charge is -2.22. The normalized spacial score (nSPS) is 29.3. The lowest BCUT2D eigenvalue weighted by atomic mass is 10.0. The van der Waals surface area contributed by atoms with Gasteiger partial charge in [-0.3, -0.25) is 9.69 Å². The summed E-state index contributed by atoms with van der Waals surface area (Å²) in [5.74, 6) is 0.718. The van der Waals surface area contributed by atoms with Gasteiger partial charge in [0.15, 0.2) is 0 Å². The number of carbonyl (C=O) groups is 2. The van der Waals surface area contributed by atoms with Gasteiger partial charge in [-0.15, -0.1) is 0 Å². The van der Waals surface area contributed by atoms with E-state index >= 15 is 0 Å². The van der Waals surface area contributed by atoms with Crippen molar-refractivity contribution >= 4 is 23.3 Å². The molecular weight excluding hydrogens is 311 g/mol. The van der Waals surface area contributed by atoms with Gasteiger partial charge < -0.3 is 9.64 Å². The Labute approximate surface area is 140 Å². The number of amides is 1. The molecule has 3 fully saturated rings. The summed E-state index contributed by atoms with van der Waals surface area (Å²) >= 11 is 0. The Balaban J connectivity index is 1.51. The topological polar surface area (TPSA) is 49.9 Å². The Morgan fingerprint density at radius 2 is 1.88 bits per heavy atom. The first-order chi connectivity index (χ1) is 11.5. The van der Waals surface area contributed by atoms with Crippen molar-refractivity contribution in [2.75, 3.05) is 29.4 Å². The van der Waals surface area contributed by atoms with Crippen LogP contribution in [0.25, 0.3) is 0 Å². The Morgan fingerprint density at radius 1 is 1.17 bits per heavy atom. The van der Waals surface area contributed by atoms with Gasteiger partial charge in [0, 0.05) is 25.9 Å². The van der Waals surface area contributed by atoms with Crippen LogP contribution in [-0.2, 0) is 9.53 Å². The van der Waals surface area contributed by atoms with Gasteiger partial charge in [-0.1, -0.05) is 6.92 Å². The number of ketones is 1. The second kappa shape index (κ2) is 5.76. The van der Waals surface area contributed by atoms with Crippen molar-refractivity contribution in [2.24, 2.45) is 11.8 Å². The Hall–Kier alpha value is -2.11. The molecule has 4 rings (SSSR count). The van der Waals surface area contributed by atoms with Crippen LogP contribution in [0.1, 0.15) is 26.2 Å². The average Bonchev–Trinajstić information content (AvgIpc) is 3.19. The van der Waals surface area contributed by atoms with E-state index in [-0.39, 0.29) is 11.9 Å². The van der Waals surface area contributed by atoms with Crippen LogP contribution in [0.4, 0.5) is 20.6 Å². The van der Waals surface area contributed by atoms with E-state index in [1.165, 1.54) is 11.0 Å². The number of cyclic esters (lactones) is 1. The molecule has 6 heteroatoms. The highest BCUT2D eigenvalue weighted by Crippen LogP contribution is 2.39. The zero-order chi connectivity index (χ0) is 16.8. The molecule has 1 saturated carbocycles. The van der Waals surface area contributed by atoms with E-state index in [9.17, 15) is 14.0 Å². The van der Waals surface area contributed by atoms with Gasteiger partial charge in [0.1, 0.15) is 17.7 Å². The number of fused-ring (bicyclic) bond motifs is 1. The van der Waals surface area contributed by atoms with Crippen LogP contribution < -0.4 is 9.80 Å². The third-order valence-corrected chi connectivity index (χ3v) is 5.47. The fraction of sp³-hybridized carbons (Fsp3) is 0.556. The van der Waals surface area contributed by atoms with E-state index in [0.29, 0.717) is 48.4 Å². The fourth-order valence-corrected chi connectivity index (χ4v) is 4.13. The van der Waals surface area contributed by atoms with E-state index < -0.39 is 6.09 Å². The molecule has 1 aliphatic carbocycles. The van der Waals surface area contributed by atoms with E-state index in [0.717, 1.165) is 19.5 Å². The SMILES string of the molecule is CC[C@H]1CN(c2ccc(N3CC4CC(=O)CC4C3)c(F)c2)C(=O)O1. The largest absolute Gasteiger partial charge is 0.444 e. The zero-order valence-electron chi connectivity index (χ0n) is 13.7. The van der Waals surface area contributed by atoms with Gasteiger partial charge in [0.25, 0.3) is 0 Å². The first-order valence-electron chi connectivity index (χ1n) is 8.59. The molecule has 3 atom stereocenters. The summed E-state index contributed by atoms with van der Waals surface area (Å²) in [4.78, 5) is 26.9. The third-order valence-electron chi connectivity index (χ3n) is 5.47. The quantitative estimate of drug-likeness (QED) is 0.854. The monoisotopic (exact) mass is 332 g/mol. The van der Waals surface area contributed by atoms with Crippen LogP contribution in [0.2, 0.25) is 0 Å². The molecule has 1 amide bonds. The molecule has 2 saturated heterocycles. The lowest BCUT2D eigenvalue weighted by molar-refractivity contribution is -0.117. The molecule has 2 aliphatic heterocycles. The molecule has 3 aliphatic rings. The second-order valence-corrected chi connectivity index (χ2v) is 7.03. The smallest absolute Gasteiger partial charge is 0.414 e. The molecule has 1 aromatic rings. The van der Waals surface area contributed by atoms with Gasteiger partial charge in [0.2, 0.25) is 0 Å². The van der Waals surface area contributed by atoms with Crippen molar-refractivity contribution < 1.29 is 18.7 Å². The number of hydrogen-bond acceptors (Lipinski definition) is 4. The van der Waals surface area contributed by atoms with Crippen molar-refractivity contribution in [1.82, 2.24) is 0 Å². The number of Topliss-reactive ketones (excluding diaryl/α,β-unsaturated/α-hetero) is 1. The summed E-state index contributed by atoms with van der Waals surface area (Å²) in [6, 6.07) is 4.92. The van der Waals surface area contributed by atoms with Crippen molar-refractivity contribution in [3.63, 3.8) is 0 Å². The first kappa shape index (κ1) is 15.4. The van der Waals surface area contributed by atoms with Crippen LogP contribution in [-0.4, -0.2) is 37.6 Å². The maximum Gasteiger partial charge on any atom is 0.414 e. The molecule has 0 N–H and O–H groups in total. The molecule has 0 aromatic heterocycles. The Kier molecular flexibility index (Phi) is 3.70. The number of rotatable bonds is 3. The second-order valence-electron chi connectivity index (χ2n) is 7.03. The van der Waals surface area contributed by atoms with Crippen LogP contribution in [0.15, 0.2) is 18.2 Å². The number of hydrogen-bond donors (Lipinski definition) is 0. The number of halogens is 1. The minimum absolute atomic E-state index is 0.129. The standard InChI is InChI=1S/C18H21FN2O3/c1-2-15-10-21(18(23)24-15)13-3-4-17(16(19)7-13)20-8-11-5-14(22)6-12(11)9-20/h3-4,7,11-12,15H,2,5-6,8-10H2,1H3/t11?,12?,15-/m0/s1. The number of carbonyl (C=O) groups excluding carboxylic acids is 2. The molecular formula is C18H21FN2O3. The number of ether oxygens (including phenoxy) is 1. The first-order valence-corrected chi connectivity index (χ1v) is 8.59. The molecule has 24 heavy (non-hydrogen) atoms. The molecule has 0 bridgehead atoms. The van der Waals surface area contributed by atoms with Crippen molar-refractivity contribution in [3.8, 4) is 0 Å². The van der Waals surface area contributed by atoms with Crippen LogP contribution in [0, 0.1) is 17.7 Å². The third kappa shape index (κ3) is 2.54. The van der Waals surface area contributed by atoms with Crippen molar-refractivity contribution in [3.05, 3.63) is 24.0 Å². The Morgan fingerprint density at radius 3 is 2.46 bits per heavy atom. The van der Waals surface area contributed by atoms with Gasteiger partial charge in [-0.25, -0.2) is 9.18 Å². The van der Waals surface area contributed by atoms with Crippen LogP contribution >= 0.6 is 0 Å². The maximum absolute atomic E-state index is 14.6. The van der Waals surface area contributed by atoms with Gasteiger partial charge in [-0.2, -0.15) is 0 Å². The maximum atomic E-state index is 14.6. The van der Waals surface area contributed by atoms with Gasteiger partial charge >= 0.3 is 6.09 Å². The van der Waals surface area contributed by atoms with Crippen molar-refractivity contribution in [2.45, 2.75) is 32.3 Å². The molecule has 128 valence electrons. The average molecular weight is 332 g/mol. The summed E-state index contributed by atoms with van der Waals surface area (Å²) in [5, 5.41) is 0. The van der Waals surface area contributed by atoms with E-state index in [4.69, 9.17) is 4.74 Å². The van der Waals surface area contributed by atoms with E-state index in [1.54, 1.807) is 12.1 Å². The predicted octanol–water partition coefficient (Wildman–Crippen LogP) is 2.98. The van der Waals surface area contributed by atoms with Gasteiger partial charge in [0.05, 0.1) is 17.9 Å². The molecule has 5 nitrogen and oxygen atoms in total. The predicted molar refractivity (Wildman–Crippen MR) is 87.7 cm³/mol. The molecule has 2 unspecified atom stereocenters. The fourth-order valence-electron chi connectivity index (χ4n) is 4.13. The number of benzene rings is 1. The summed E-state index contributed by atoms with van der Waals surface area (Å²) < 4.78 is 19.9. The molecule has 2 heterocycles. The number of anilines is 2. The summed E-state index contributed by atoms with van der Waals surface area (Å²) in [5.41, 5.74) is 1.09. The Bertz CT molecular complexity index is 677. The highest BCUT2D eigenvalue weighted by Gasteiger charge is 2.41. The minimum Gasteiger partial charge on any atom is -0.444 e. The summed E-state index contributed by atoms with van der Waals surface area (Å²) in [7, 11) is 0. The van der Waals surface area contributed by atoms with E-state index in [1.807, 2.05) is 11.8 Å². The van der Waals surface area contributed by atoms with Crippen LogP contribution in [0.5, 0.6) is 0 Å². The lowest BCUT2D eigenvalue weighted by Crippen LogP contribution is -2.26. The van der Waals surface area contributed by atoms with E-state index in [2.05, 4.69) is 0 Å².